The van der Waals surface area contributed by atoms with Crippen molar-refractivity contribution in [3.05, 3.63) is 64.7 Å². The summed E-state index contributed by atoms with van der Waals surface area (Å²) in [4.78, 5) is 23.8. The van der Waals surface area contributed by atoms with Crippen molar-refractivity contribution in [3.63, 3.8) is 0 Å². The number of aryl methyl sites for hydroxylation is 1. The normalized spacial score (nSPS) is 10.4. The van der Waals surface area contributed by atoms with Crippen molar-refractivity contribution in [2.24, 2.45) is 0 Å². The molecule has 1 N–H and O–H groups in total. The Morgan fingerprint density at radius 2 is 1.83 bits per heavy atom. The molecule has 2 rings (SSSR count). The molecular weight excluding hydrogens is 324 g/mol. The van der Waals surface area contributed by atoms with Crippen LogP contribution in [0.4, 0.5) is 0 Å². The first-order chi connectivity index (χ1) is 11.5. The van der Waals surface area contributed by atoms with Crippen molar-refractivity contribution in [2.45, 2.75) is 30.9 Å². The van der Waals surface area contributed by atoms with Crippen molar-refractivity contribution in [1.82, 2.24) is 0 Å². The lowest BCUT2D eigenvalue weighted by Crippen LogP contribution is -2.07. The molecule has 0 amide bonds. The Kier molecular flexibility index (Phi) is 6.44. The zero-order valence-electron chi connectivity index (χ0n) is 13.7. The number of carbonyl (C=O) groups excluding carboxylic acids is 1. The minimum Gasteiger partial charge on any atom is -0.478 e. The van der Waals surface area contributed by atoms with E-state index in [9.17, 15) is 14.7 Å². The molecule has 2 aromatic rings. The number of carbonyl (C=O) groups is 2. The molecule has 0 unspecified atom stereocenters. The van der Waals surface area contributed by atoms with Crippen LogP contribution in [0.2, 0.25) is 0 Å². The second kappa shape index (κ2) is 8.55. The second-order valence-electron chi connectivity index (χ2n) is 5.38. The SMILES string of the molecule is CCOC(=O)Cc1ccc(SCc2cc(C)ccc2C(=O)O)cc1. The summed E-state index contributed by atoms with van der Waals surface area (Å²) in [5.41, 5.74) is 3.09. The van der Waals surface area contributed by atoms with Gasteiger partial charge in [-0.3, -0.25) is 4.79 Å². The first kappa shape index (κ1) is 18.1. The summed E-state index contributed by atoms with van der Waals surface area (Å²) < 4.78 is 4.93. The number of esters is 1. The summed E-state index contributed by atoms with van der Waals surface area (Å²) in [5, 5.41) is 9.26. The Hall–Kier alpha value is -2.27. The third-order valence-electron chi connectivity index (χ3n) is 3.46. The van der Waals surface area contributed by atoms with Crippen LogP contribution in [0, 0.1) is 6.92 Å². The molecule has 0 aliphatic carbocycles. The molecule has 0 radical (unpaired) electrons. The molecule has 24 heavy (non-hydrogen) atoms. The lowest BCUT2D eigenvalue weighted by Gasteiger charge is -2.08. The van der Waals surface area contributed by atoms with Crippen LogP contribution in [0.15, 0.2) is 47.4 Å². The maximum absolute atomic E-state index is 11.5. The predicted molar refractivity (Wildman–Crippen MR) is 94.5 cm³/mol. The van der Waals surface area contributed by atoms with Gasteiger partial charge in [0, 0.05) is 10.6 Å². The maximum atomic E-state index is 11.5. The van der Waals surface area contributed by atoms with Gasteiger partial charge < -0.3 is 9.84 Å². The standard InChI is InChI=1S/C19H20O4S/c1-3-23-18(20)11-14-5-7-16(8-6-14)24-12-15-10-13(2)4-9-17(15)19(21)22/h4-10H,3,11-12H2,1-2H3,(H,21,22). The highest BCUT2D eigenvalue weighted by molar-refractivity contribution is 7.98. The second-order valence-corrected chi connectivity index (χ2v) is 6.43. The van der Waals surface area contributed by atoms with Crippen LogP contribution in [0.1, 0.15) is 34.0 Å². The van der Waals surface area contributed by atoms with E-state index in [1.54, 1.807) is 24.8 Å². The Bertz CT molecular complexity index is 723. The van der Waals surface area contributed by atoms with E-state index in [2.05, 4.69) is 0 Å². The highest BCUT2D eigenvalue weighted by atomic mass is 32.2. The number of thioether (sulfide) groups is 1. The molecule has 0 aromatic heterocycles. The zero-order chi connectivity index (χ0) is 17.5. The van der Waals surface area contributed by atoms with E-state index in [-0.39, 0.29) is 12.4 Å². The molecule has 0 fully saturated rings. The fraction of sp³-hybridized carbons (Fsp3) is 0.263. The van der Waals surface area contributed by atoms with Crippen molar-refractivity contribution in [2.75, 3.05) is 6.61 Å². The van der Waals surface area contributed by atoms with Crippen molar-refractivity contribution < 1.29 is 19.4 Å². The molecule has 0 spiro atoms. The number of hydrogen-bond donors (Lipinski definition) is 1. The third-order valence-corrected chi connectivity index (χ3v) is 4.52. The van der Waals surface area contributed by atoms with Gasteiger partial charge >= 0.3 is 11.9 Å². The van der Waals surface area contributed by atoms with Crippen LogP contribution in [0.3, 0.4) is 0 Å². The smallest absolute Gasteiger partial charge is 0.335 e. The molecule has 0 saturated heterocycles. The summed E-state index contributed by atoms with van der Waals surface area (Å²) in [6.45, 7) is 4.12. The van der Waals surface area contributed by atoms with Gasteiger partial charge in [-0.25, -0.2) is 4.79 Å². The van der Waals surface area contributed by atoms with Crippen LogP contribution in [-0.4, -0.2) is 23.7 Å². The van der Waals surface area contributed by atoms with Crippen molar-refractivity contribution >= 4 is 23.7 Å². The molecule has 0 aliphatic heterocycles. The predicted octanol–water partition coefficient (Wildman–Crippen LogP) is 4.09. The average Bonchev–Trinajstić information content (AvgIpc) is 2.54. The van der Waals surface area contributed by atoms with E-state index in [1.807, 2.05) is 43.3 Å². The van der Waals surface area contributed by atoms with Gasteiger partial charge in [0.05, 0.1) is 18.6 Å². The molecule has 0 atom stereocenters. The molecular formula is C19H20O4S. The average molecular weight is 344 g/mol. The monoisotopic (exact) mass is 344 g/mol. The number of carboxylic acids is 1. The summed E-state index contributed by atoms with van der Waals surface area (Å²) >= 11 is 1.57. The Balaban J connectivity index is 2.01. The number of ether oxygens (including phenoxy) is 1. The van der Waals surface area contributed by atoms with Gasteiger partial charge in [-0.15, -0.1) is 11.8 Å². The van der Waals surface area contributed by atoms with E-state index in [4.69, 9.17) is 4.74 Å². The van der Waals surface area contributed by atoms with Gasteiger partial charge in [0.1, 0.15) is 0 Å². The summed E-state index contributed by atoms with van der Waals surface area (Å²) in [5.74, 6) is -0.556. The molecule has 4 nitrogen and oxygen atoms in total. The van der Waals surface area contributed by atoms with E-state index in [0.29, 0.717) is 17.9 Å². The topological polar surface area (TPSA) is 63.6 Å². The van der Waals surface area contributed by atoms with Crippen LogP contribution in [-0.2, 0) is 21.7 Å². The van der Waals surface area contributed by atoms with Crippen molar-refractivity contribution in [3.8, 4) is 0 Å². The minimum atomic E-state index is -0.907. The van der Waals surface area contributed by atoms with Gasteiger partial charge in [-0.2, -0.15) is 0 Å². The molecule has 0 saturated carbocycles. The zero-order valence-corrected chi connectivity index (χ0v) is 14.6. The Morgan fingerprint density at radius 3 is 2.46 bits per heavy atom. The number of aromatic carboxylic acids is 1. The molecule has 2 aromatic carbocycles. The van der Waals surface area contributed by atoms with E-state index in [0.717, 1.165) is 21.6 Å². The van der Waals surface area contributed by atoms with Crippen LogP contribution < -0.4 is 0 Å². The van der Waals surface area contributed by atoms with Gasteiger partial charge in [0.15, 0.2) is 0 Å². The van der Waals surface area contributed by atoms with Gasteiger partial charge in [-0.1, -0.05) is 29.8 Å². The fourth-order valence-electron chi connectivity index (χ4n) is 2.29. The number of benzene rings is 2. The quantitative estimate of drug-likeness (QED) is 0.605. The highest BCUT2D eigenvalue weighted by Gasteiger charge is 2.10. The van der Waals surface area contributed by atoms with Gasteiger partial charge in [-0.05, 0) is 43.2 Å². The summed E-state index contributed by atoms with van der Waals surface area (Å²) in [6, 6.07) is 13.0. The van der Waals surface area contributed by atoms with Crippen LogP contribution in [0.5, 0.6) is 0 Å². The Morgan fingerprint density at radius 1 is 1.12 bits per heavy atom. The molecule has 0 aliphatic rings. The van der Waals surface area contributed by atoms with Gasteiger partial charge in [0.2, 0.25) is 0 Å². The Labute approximate surface area is 145 Å². The number of rotatable bonds is 7. The van der Waals surface area contributed by atoms with E-state index in [1.165, 1.54) is 0 Å². The lowest BCUT2D eigenvalue weighted by molar-refractivity contribution is -0.142. The van der Waals surface area contributed by atoms with Crippen LogP contribution in [0.25, 0.3) is 0 Å². The molecule has 0 bridgehead atoms. The minimum absolute atomic E-state index is 0.233. The first-order valence-electron chi connectivity index (χ1n) is 7.69. The molecule has 5 heteroatoms. The molecule has 126 valence electrons. The van der Waals surface area contributed by atoms with Gasteiger partial charge in [0.25, 0.3) is 0 Å². The lowest BCUT2D eigenvalue weighted by atomic mass is 10.1. The fourth-order valence-corrected chi connectivity index (χ4v) is 3.18. The first-order valence-corrected chi connectivity index (χ1v) is 8.68. The summed E-state index contributed by atoms with van der Waals surface area (Å²) in [6.07, 6.45) is 0.264. The third kappa shape index (κ3) is 5.13. The van der Waals surface area contributed by atoms with E-state index >= 15 is 0 Å². The molecule has 0 heterocycles. The largest absolute Gasteiger partial charge is 0.478 e. The highest BCUT2D eigenvalue weighted by Crippen LogP contribution is 2.25. The maximum Gasteiger partial charge on any atom is 0.335 e. The number of hydrogen-bond acceptors (Lipinski definition) is 4. The van der Waals surface area contributed by atoms with Crippen molar-refractivity contribution in [1.29, 1.82) is 0 Å². The van der Waals surface area contributed by atoms with E-state index < -0.39 is 5.97 Å². The summed E-state index contributed by atoms with van der Waals surface area (Å²) in [7, 11) is 0. The van der Waals surface area contributed by atoms with Crippen LogP contribution >= 0.6 is 11.8 Å². The number of carboxylic acid groups (broad SMARTS) is 1.